The van der Waals surface area contributed by atoms with Crippen molar-refractivity contribution in [3.05, 3.63) is 18.1 Å². The van der Waals surface area contributed by atoms with Gasteiger partial charge in [0, 0.05) is 6.07 Å². The van der Waals surface area contributed by atoms with Crippen molar-refractivity contribution in [3.63, 3.8) is 0 Å². The van der Waals surface area contributed by atoms with E-state index in [-0.39, 0.29) is 24.7 Å². The van der Waals surface area contributed by atoms with Crippen LogP contribution in [0.1, 0.15) is 5.69 Å². The van der Waals surface area contributed by atoms with E-state index in [1.807, 2.05) is 0 Å². The van der Waals surface area contributed by atoms with Gasteiger partial charge in [0.1, 0.15) is 17.7 Å². The molecule has 20 heavy (non-hydrogen) atoms. The Morgan fingerprint density at radius 1 is 1.35 bits per heavy atom. The summed E-state index contributed by atoms with van der Waals surface area (Å²) < 4.78 is 39.5. The maximum absolute atomic E-state index is 12.8. The van der Waals surface area contributed by atoms with E-state index in [0.29, 0.717) is 0 Å². The number of fused-ring (bicyclic) bond motifs is 1. The zero-order valence-corrected chi connectivity index (χ0v) is 10.0. The van der Waals surface area contributed by atoms with Crippen LogP contribution in [0, 0.1) is 0 Å². The molecule has 2 aromatic heterocycles. The Morgan fingerprint density at radius 3 is 2.65 bits per heavy atom. The van der Waals surface area contributed by atoms with E-state index >= 15 is 0 Å². The molecule has 0 aromatic carbocycles. The van der Waals surface area contributed by atoms with Gasteiger partial charge in [-0.25, -0.2) is 4.98 Å². The van der Waals surface area contributed by atoms with Crippen LogP contribution in [-0.4, -0.2) is 55.1 Å². The van der Waals surface area contributed by atoms with Crippen molar-refractivity contribution in [3.8, 4) is 0 Å². The molecule has 0 bridgehead atoms. The minimum absolute atomic E-state index is 0.0137. The van der Waals surface area contributed by atoms with E-state index < -0.39 is 24.1 Å². The van der Waals surface area contributed by atoms with Crippen LogP contribution in [0.5, 0.6) is 0 Å². The molecular weight excluding hydrogens is 279 g/mol. The molecule has 1 aliphatic rings. The third kappa shape index (κ3) is 1.96. The first-order valence-electron chi connectivity index (χ1n) is 5.69. The van der Waals surface area contributed by atoms with E-state index in [1.54, 1.807) is 0 Å². The molecule has 0 amide bonds. The summed E-state index contributed by atoms with van der Waals surface area (Å²) in [6.07, 6.45) is -3.50. The molecule has 10 heteroatoms. The van der Waals surface area contributed by atoms with Crippen LogP contribution in [0.15, 0.2) is 12.4 Å². The number of aliphatic hydroxyl groups is 2. The van der Waals surface area contributed by atoms with E-state index in [1.165, 1.54) is 4.90 Å². The summed E-state index contributed by atoms with van der Waals surface area (Å²) in [5, 5.41) is 22.5. The number of nitrogens with zero attached hydrogens (tertiary/aromatic N) is 5. The molecule has 0 aliphatic carbocycles. The van der Waals surface area contributed by atoms with E-state index in [0.717, 1.165) is 16.9 Å². The number of aromatic nitrogens is 4. The Kier molecular flexibility index (Phi) is 2.63. The Bertz CT molecular complexity index is 650. The molecule has 2 N–H and O–H groups in total. The van der Waals surface area contributed by atoms with Gasteiger partial charge in [-0.15, -0.1) is 0 Å². The predicted molar refractivity (Wildman–Crippen MR) is 60.0 cm³/mol. The van der Waals surface area contributed by atoms with Crippen molar-refractivity contribution < 1.29 is 23.4 Å². The molecule has 7 nitrogen and oxygen atoms in total. The van der Waals surface area contributed by atoms with Gasteiger partial charge in [0.2, 0.25) is 0 Å². The normalized spacial score (nSPS) is 18.4. The van der Waals surface area contributed by atoms with Crippen LogP contribution in [0.3, 0.4) is 0 Å². The smallest absolute Gasteiger partial charge is 0.393 e. The molecule has 1 aliphatic heterocycles. The van der Waals surface area contributed by atoms with Gasteiger partial charge in [-0.05, 0) is 0 Å². The quantitative estimate of drug-likeness (QED) is 0.788. The van der Waals surface area contributed by atoms with Crippen LogP contribution >= 0.6 is 0 Å². The van der Waals surface area contributed by atoms with Crippen LogP contribution in [0.4, 0.5) is 19.0 Å². The second-order valence-corrected chi connectivity index (χ2v) is 4.71. The number of alkyl halides is 3. The molecule has 2 aromatic rings. The fraction of sp³-hybridized carbons (Fsp3) is 0.500. The van der Waals surface area contributed by atoms with Gasteiger partial charge in [0.05, 0.1) is 19.7 Å². The molecule has 0 radical (unpaired) electrons. The minimum Gasteiger partial charge on any atom is -0.393 e. The highest BCUT2D eigenvalue weighted by Gasteiger charge is 2.43. The highest BCUT2D eigenvalue weighted by Crippen LogP contribution is 2.33. The molecule has 3 rings (SSSR count). The molecule has 0 unspecified atom stereocenters. The number of halogens is 3. The zero-order valence-electron chi connectivity index (χ0n) is 10.0. The Labute approximate surface area is 110 Å². The molecule has 0 saturated carbocycles. The Morgan fingerprint density at radius 2 is 2.05 bits per heavy atom. The van der Waals surface area contributed by atoms with Crippen molar-refractivity contribution in [2.45, 2.75) is 11.8 Å². The third-order valence-corrected chi connectivity index (χ3v) is 3.11. The first-order chi connectivity index (χ1) is 9.32. The number of aliphatic hydroxyl groups excluding tert-OH is 1. The summed E-state index contributed by atoms with van der Waals surface area (Å²) in [5.41, 5.74) is -2.37. The second-order valence-electron chi connectivity index (χ2n) is 4.71. The summed E-state index contributed by atoms with van der Waals surface area (Å²) >= 11 is 0. The van der Waals surface area contributed by atoms with Gasteiger partial charge in [-0.3, -0.25) is 0 Å². The molecular formula is C10H10F3N5O2. The van der Waals surface area contributed by atoms with Gasteiger partial charge in [-0.2, -0.15) is 27.8 Å². The topological polar surface area (TPSA) is 86.8 Å². The predicted octanol–water partition coefficient (Wildman–Crippen LogP) is -0.314. The first-order valence-corrected chi connectivity index (χ1v) is 5.69. The van der Waals surface area contributed by atoms with Crippen molar-refractivity contribution >= 4 is 11.6 Å². The zero-order chi connectivity index (χ0) is 14.5. The number of hydrogen-bond donors (Lipinski definition) is 2. The fourth-order valence-corrected chi connectivity index (χ4v) is 2.09. The summed E-state index contributed by atoms with van der Waals surface area (Å²) in [4.78, 5) is 8.51. The van der Waals surface area contributed by atoms with E-state index in [2.05, 4.69) is 15.1 Å². The monoisotopic (exact) mass is 289 g/mol. The van der Waals surface area contributed by atoms with Gasteiger partial charge < -0.3 is 15.1 Å². The van der Waals surface area contributed by atoms with Crippen molar-refractivity contribution in [2.75, 3.05) is 24.6 Å². The second kappa shape index (κ2) is 4.03. The van der Waals surface area contributed by atoms with Crippen LogP contribution < -0.4 is 4.90 Å². The molecule has 1 saturated heterocycles. The number of hydrogen-bond acceptors (Lipinski definition) is 6. The van der Waals surface area contributed by atoms with Crippen LogP contribution in [0.2, 0.25) is 0 Å². The van der Waals surface area contributed by atoms with Gasteiger partial charge in [0.15, 0.2) is 5.69 Å². The Hall–Kier alpha value is -1.94. The van der Waals surface area contributed by atoms with Gasteiger partial charge >= 0.3 is 6.18 Å². The van der Waals surface area contributed by atoms with E-state index in [4.69, 9.17) is 5.11 Å². The average molecular weight is 289 g/mol. The number of β-amino-alcohol motifs (C(OH)–C–C–N with tert-alkyl or cyclic N) is 1. The summed E-state index contributed by atoms with van der Waals surface area (Å²) in [6.45, 7) is -0.430. The summed E-state index contributed by atoms with van der Waals surface area (Å²) in [6, 6.07) is 0.846. The molecule has 3 heterocycles. The van der Waals surface area contributed by atoms with E-state index in [9.17, 15) is 18.3 Å². The summed E-state index contributed by atoms with van der Waals surface area (Å²) in [5.74, 6) is -0.0489. The lowest BCUT2D eigenvalue weighted by atomic mass is 9.95. The van der Waals surface area contributed by atoms with Crippen molar-refractivity contribution in [1.82, 2.24) is 19.6 Å². The van der Waals surface area contributed by atoms with Crippen LogP contribution in [0.25, 0.3) is 5.78 Å². The maximum Gasteiger partial charge on any atom is 0.433 e. The standard InChI is InChI=1S/C10H10F3N5O2/c11-10(12,13)6-1-7(17-2-9(20,3-17)4-19)18-8(16-6)14-5-15-18/h1,5,19-20H,2-4H2. The summed E-state index contributed by atoms with van der Waals surface area (Å²) in [7, 11) is 0. The lowest BCUT2D eigenvalue weighted by molar-refractivity contribution is -0.141. The highest BCUT2D eigenvalue weighted by molar-refractivity contribution is 5.51. The lowest BCUT2D eigenvalue weighted by Crippen LogP contribution is -2.64. The number of anilines is 1. The van der Waals surface area contributed by atoms with Crippen molar-refractivity contribution in [2.24, 2.45) is 0 Å². The Balaban J connectivity index is 2.04. The van der Waals surface area contributed by atoms with Gasteiger partial charge in [0.25, 0.3) is 5.78 Å². The average Bonchev–Trinajstić information content (AvgIpc) is 2.81. The maximum atomic E-state index is 12.8. The molecule has 0 atom stereocenters. The third-order valence-electron chi connectivity index (χ3n) is 3.11. The molecule has 108 valence electrons. The van der Waals surface area contributed by atoms with Crippen LogP contribution in [-0.2, 0) is 6.18 Å². The number of rotatable bonds is 2. The van der Waals surface area contributed by atoms with Crippen molar-refractivity contribution in [1.29, 1.82) is 0 Å². The van der Waals surface area contributed by atoms with Gasteiger partial charge in [-0.1, -0.05) is 0 Å². The largest absolute Gasteiger partial charge is 0.433 e. The minimum atomic E-state index is -4.60. The fourth-order valence-electron chi connectivity index (χ4n) is 2.09. The highest BCUT2D eigenvalue weighted by atomic mass is 19.4. The molecule has 1 fully saturated rings. The molecule has 0 spiro atoms. The first kappa shape index (κ1) is 13.1. The lowest BCUT2D eigenvalue weighted by Gasteiger charge is -2.46. The SMILES string of the molecule is OCC1(O)CN(c2cc(C(F)(F)F)nc3ncnn23)C1.